The molecule has 184 valence electrons. The minimum absolute atomic E-state index is 0. The number of aliphatic hydroxyl groups is 2. The highest BCUT2D eigenvalue weighted by atomic mass is 35.5. The van der Waals surface area contributed by atoms with E-state index in [9.17, 15) is 15.0 Å². The molecule has 9 nitrogen and oxygen atoms in total. The van der Waals surface area contributed by atoms with Gasteiger partial charge >= 0.3 is 0 Å². The first kappa shape index (κ1) is 26.3. The second kappa shape index (κ2) is 11.9. The molecule has 1 fully saturated rings. The van der Waals surface area contributed by atoms with Gasteiger partial charge < -0.3 is 24.8 Å². The van der Waals surface area contributed by atoms with Crippen molar-refractivity contribution in [2.24, 2.45) is 0 Å². The van der Waals surface area contributed by atoms with Gasteiger partial charge in [0, 0.05) is 50.6 Å². The Morgan fingerprint density at radius 3 is 2.76 bits per heavy atom. The number of halogens is 2. The SMILES string of the molecule is COc1cnc2ccc(=O)n(CCN3CC[C@H](NCc4cnc(CO)c(Cl)c4)[C@H](O)C3)c2c1.Cl. The number of nitrogens with one attached hydrogen (secondary N) is 1. The maximum absolute atomic E-state index is 12.5. The molecule has 3 aromatic heterocycles. The van der Waals surface area contributed by atoms with Crippen LogP contribution in [0.25, 0.3) is 11.0 Å². The molecule has 0 saturated carbocycles. The Bertz CT molecular complexity index is 1180. The lowest BCUT2D eigenvalue weighted by Gasteiger charge is -2.36. The van der Waals surface area contributed by atoms with Gasteiger partial charge in [0.2, 0.25) is 0 Å². The number of likely N-dealkylation sites (tertiary alicyclic amines) is 1. The normalized spacial score (nSPS) is 18.6. The number of fused-ring (bicyclic) bond motifs is 1. The molecular weight excluding hydrogens is 481 g/mol. The van der Waals surface area contributed by atoms with Crippen molar-refractivity contribution < 1.29 is 14.9 Å². The maximum atomic E-state index is 12.5. The van der Waals surface area contributed by atoms with Crippen LogP contribution in [0.5, 0.6) is 5.75 Å². The van der Waals surface area contributed by atoms with E-state index in [0.29, 0.717) is 42.6 Å². The van der Waals surface area contributed by atoms with Crippen molar-refractivity contribution in [1.29, 1.82) is 0 Å². The zero-order valence-electron chi connectivity index (χ0n) is 18.9. The standard InChI is InChI=1S/C23H28ClN5O4.ClH/c1-33-16-9-21-18(27-12-16)2-3-23(32)29(21)7-6-28-5-4-19(22(31)13-28)25-10-15-8-17(24)20(14-30)26-11-15;/h2-3,8-9,11-12,19,22,25,30-31H,4-7,10,13-14H2,1H3;1H/t19-,22+;/m0./s1. The molecule has 34 heavy (non-hydrogen) atoms. The van der Waals surface area contributed by atoms with Crippen molar-refractivity contribution in [2.75, 3.05) is 26.7 Å². The Morgan fingerprint density at radius 1 is 1.24 bits per heavy atom. The van der Waals surface area contributed by atoms with E-state index < -0.39 is 6.10 Å². The van der Waals surface area contributed by atoms with Crippen LogP contribution in [0.2, 0.25) is 5.02 Å². The van der Waals surface area contributed by atoms with E-state index >= 15 is 0 Å². The van der Waals surface area contributed by atoms with Crippen LogP contribution in [0.1, 0.15) is 17.7 Å². The lowest BCUT2D eigenvalue weighted by Crippen LogP contribution is -2.53. The van der Waals surface area contributed by atoms with E-state index in [0.717, 1.165) is 29.6 Å². The molecule has 1 saturated heterocycles. The lowest BCUT2D eigenvalue weighted by atomic mass is 10.0. The molecule has 0 amide bonds. The molecule has 11 heteroatoms. The molecule has 3 N–H and O–H groups in total. The number of methoxy groups -OCH3 is 1. The van der Waals surface area contributed by atoms with Crippen molar-refractivity contribution in [2.45, 2.75) is 38.3 Å². The summed E-state index contributed by atoms with van der Waals surface area (Å²) in [6, 6.07) is 6.80. The predicted molar refractivity (Wildman–Crippen MR) is 133 cm³/mol. The summed E-state index contributed by atoms with van der Waals surface area (Å²) in [6.45, 7) is 2.79. The van der Waals surface area contributed by atoms with Gasteiger partial charge in [0.05, 0.1) is 47.8 Å². The van der Waals surface area contributed by atoms with Gasteiger partial charge in [-0.3, -0.25) is 19.7 Å². The van der Waals surface area contributed by atoms with Crippen molar-refractivity contribution >= 4 is 35.0 Å². The van der Waals surface area contributed by atoms with Gasteiger partial charge in [-0.2, -0.15) is 0 Å². The monoisotopic (exact) mass is 509 g/mol. The number of aliphatic hydroxyl groups excluding tert-OH is 2. The van der Waals surface area contributed by atoms with Crippen LogP contribution in [0, 0.1) is 0 Å². The van der Waals surface area contributed by atoms with Gasteiger partial charge in [-0.1, -0.05) is 11.6 Å². The molecule has 1 aliphatic rings. The Hall–Kier alpha value is -2.27. The highest BCUT2D eigenvalue weighted by molar-refractivity contribution is 6.31. The largest absolute Gasteiger partial charge is 0.495 e. The first-order chi connectivity index (χ1) is 16.0. The van der Waals surface area contributed by atoms with Gasteiger partial charge in [-0.25, -0.2) is 0 Å². The van der Waals surface area contributed by atoms with E-state index in [1.165, 1.54) is 6.07 Å². The minimum atomic E-state index is -0.537. The second-order valence-corrected chi connectivity index (χ2v) is 8.58. The quantitative estimate of drug-likeness (QED) is 0.419. The van der Waals surface area contributed by atoms with Crippen LogP contribution in [0.3, 0.4) is 0 Å². The van der Waals surface area contributed by atoms with Crippen LogP contribution in [0.4, 0.5) is 0 Å². The Morgan fingerprint density at radius 2 is 2.06 bits per heavy atom. The fourth-order valence-corrected chi connectivity index (χ4v) is 4.39. The molecule has 3 aromatic rings. The number of β-amino-alcohol motifs (C(OH)–C–C–N with tert-alkyl or cyclic N) is 1. The Labute approximate surface area is 208 Å². The molecule has 2 atom stereocenters. The molecule has 0 radical (unpaired) electrons. The van der Waals surface area contributed by atoms with E-state index in [1.54, 1.807) is 36.2 Å². The fourth-order valence-electron chi connectivity index (χ4n) is 4.14. The molecule has 0 spiro atoms. The van der Waals surface area contributed by atoms with Crippen LogP contribution < -0.4 is 15.6 Å². The average Bonchev–Trinajstić information content (AvgIpc) is 2.82. The van der Waals surface area contributed by atoms with Gasteiger partial charge in [0.15, 0.2) is 0 Å². The van der Waals surface area contributed by atoms with Crippen LogP contribution >= 0.6 is 24.0 Å². The number of rotatable bonds is 8. The van der Waals surface area contributed by atoms with Gasteiger partial charge in [-0.05, 0) is 30.7 Å². The van der Waals surface area contributed by atoms with Gasteiger partial charge in [0.25, 0.3) is 5.56 Å². The molecule has 4 heterocycles. The summed E-state index contributed by atoms with van der Waals surface area (Å²) in [7, 11) is 1.57. The zero-order chi connectivity index (χ0) is 23.4. The first-order valence-corrected chi connectivity index (χ1v) is 11.3. The van der Waals surface area contributed by atoms with Crippen molar-refractivity contribution in [3.63, 3.8) is 0 Å². The summed E-state index contributed by atoms with van der Waals surface area (Å²) in [5.41, 5.74) is 2.73. The Kier molecular flexibility index (Phi) is 9.24. The number of hydrogen-bond donors (Lipinski definition) is 3. The summed E-state index contributed by atoms with van der Waals surface area (Å²) >= 11 is 6.11. The molecule has 0 unspecified atom stereocenters. The smallest absolute Gasteiger partial charge is 0.251 e. The number of pyridine rings is 3. The summed E-state index contributed by atoms with van der Waals surface area (Å²) in [5.74, 6) is 0.603. The molecule has 0 aliphatic carbocycles. The van der Waals surface area contributed by atoms with Crippen LogP contribution in [0.15, 0.2) is 41.5 Å². The molecule has 1 aliphatic heterocycles. The summed E-state index contributed by atoms with van der Waals surface area (Å²) in [5, 5.41) is 23.7. The second-order valence-electron chi connectivity index (χ2n) is 8.18. The van der Waals surface area contributed by atoms with E-state index in [-0.39, 0.29) is 30.6 Å². The van der Waals surface area contributed by atoms with Crippen LogP contribution in [-0.4, -0.2) is 68.5 Å². The van der Waals surface area contributed by atoms with E-state index in [1.807, 2.05) is 6.07 Å². The number of nitrogens with zero attached hydrogens (tertiary/aromatic N) is 4. The third-order valence-corrected chi connectivity index (χ3v) is 6.37. The average molecular weight is 510 g/mol. The predicted octanol–water partition coefficient (Wildman–Crippen LogP) is 1.59. The number of piperidine rings is 1. The summed E-state index contributed by atoms with van der Waals surface area (Å²) in [6.07, 6.45) is 3.55. The lowest BCUT2D eigenvalue weighted by molar-refractivity contribution is 0.0385. The number of ether oxygens (including phenoxy) is 1. The van der Waals surface area contributed by atoms with E-state index in [2.05, 4.69) is 20.2 Å². The number of aromatic nitrogens is 3. The van der Waals surface area contributed by atoms with Crippen molar-refractivity contribution in [3.8, 4) is 5.75 Å². The summed E-state index contributed by atoms with van der Waals surface area (Å²) < 4.78 is 6.96. The van der Waals surface area contributed by atoms with Crippen molar-refractivity contribution in [1.82, 2.24) is 24.8 Å². The van der Waals surface area contributed by atoms with Crippen molar-refractivity contribution in [3.05, 3.63) is 63.3 Å². The molecule has 4 rings (SSSR count). The van der Waals surface area contributed by atoms with E-state index in [4.69, 9.17) is 16.3 Å². The molecule has 0 aromatic carbocycles. The van der Waals surface area contributed by atoms with Gasteiger partial charge in [-0.15, -0.1) is 12.4 Å². The zero-order valence-corrected chi connectivity index (χ0v) is 20.4. The number of hydrogen-bond acceptors (Lipinski definition) is 8. The first-order valence-electron chi connectivity index (χ1n) is 10.9. The third-order valence-electron chi connectivity index (χ3n) is 6.05. The molecule has 0 bridgehead atoms. The highest BCUT2D eigenvalue weighted by Gasteiger charge is 2.27. The topological polar surface area (TPSA) is 113 Å². The third kappa shape index (κ3) is 6.04. The van der Waals surface area contributed by atoms with Gasteiger partial charge in [0.1, 0.15) is 5.75 Å². The fraction of sp³-hybridized carbons (Fsp3) is 0.435. The summed E-state index contributed by atoms with van der Waals surface area (Å²) in [4.78, 5) is 23.2. The van der Waals surface area contributed by atoms with Crippen LogP contribution in [-0.2, 0) is 19.7 Å². The Balaban J connectivity index is 0.00000324. The maximum Gasteiger partial charge on any atom is 0.251 e. The highest BCUT2D eigenvalue weighted by Crippen LogP contribution is 2.18. The molecular formula is C23H29Cl2N5O4. The minimum Gasteiger partial charge on any atom is -0.495 e.